The molecule has 0 bridgehead atoms. The van der Waals surface area contributed by atoms with Gasteiger partial charge in [-0.25, -0.2) is 0 Å². The van der Waals surface area contributed by atoms with Crippen molar-refractivity contribution in [3.63, 3.8) is 0 Å². The minimum Gasteiger partial charge on any atom is -0.464 e. The lowest BCUT2D eigenvalue weighted by Crippen LogP contribution is -2.05. The van der Waals surface area contributed by atoms with Gasteiger partial charge in [-0.2, -0.15) is 0 Å². The number of fused-ring (bicyclic) bond motifs is 1. The van der Waals surface area contributed by atoms with Gasteiger partial charge in [0, 0.05) is 5.39 Å². The Morgan fingerprint density at radius 2 is 2.14 bits per heavy atom. The van der Waals surface area contributed by atoms with Gasteiger partial charge in [0.25, 0.3) is 0 Å². The second-order valence-electron chi connectivity index (χ2n) is 3.67. The molecular formula is C12H15NO. The Morgan fingerprint density at radius 1 is 1.36 bits per heavy atom. The first-order valence-corrected chi connectivity index (χ1v) is 4.90. The molecule has 2 rings (SSSR count). The lowest BCUT2D eigenvalue weighted by Gasteiger charge is -2.09. The number of aryl methyl sites for hydroxylation is 2. The van der Waals surface area contributed by atoms with Gasteiger partial charge in [0.1, 0.15) is 5.58 Å². The first-order chi connectivity index (χ1) is 6.74. The van der Waals surface area contributed by atoms with Crippen molar-refractivity contribution < 1.29 is 4.42 Å². The summed E-state index contributed by atoms with van der Waals surface area (Å²) in [5.74, 6) is 0. The summed E-state index contributed by atoms with van der Waals surface area (Å²) in [6, 6.07) is 4.11. The standard InChI is InChI=1S/C12H15NO/c1-8-7-12-11(4-6-14-12)9(2)10(8)3-5-13/h4,6-7H,3,5,13H2,1-2H3. The predicted molar refractivity (Wildman–Crippen MR) is 58.4 cm³/mol. The van der Waals surface area contributed by atoms with Gasteiger partial charge in [0.15, 0.2) is 0 Å². The largest absolute Gasteiger partial charge is 0.464 e. The van der Waals surface area contributed by atoms with E-state index in [2.05, 4.69) is 19.9 Å². The number of rotatable bonds is 2. The Morgan fingerprint density at radius 3 is 2.86 bits per heavy atom. The van der Waals surface area contributed by atoms with Crippen LogP contribution in [0.5, 0.6) is 0 Å². The zero-order valence-corrected chi connectivity index (χ0v) is 8.63. The maximum absolute atomic E-state index is 5.59. The summed E-state index contributed by atoms with van der Waals surface area (Å²) >= 11 is 0. The molecule has 0 saturated carbocycles. The third-order valence-corrected chi connectivity index (χ3v) is 2.77. The molecule has 0 atom stereocenters. The number of benzene rings is 1. The van der Waals surface area contributed by atoms with E-state index in [1.165, 1.54) is 22.1 Å². The normalized spacial score (nSPS) is 11.1. The highest BCUT2D eigenvalue weighted by molar-refractivity contribution is 5.83. The van der Waals surface area contributed by atoms with E-state index in [0.717, 1.165) is 12.0 Å². The molecule has 0 fully saturated rings. The second-order valence-corrected chi connectivity index (χ2v) is 3.67. The molecule has 2 heteroatoms. The third kappa shape index (κ3) is 1.32. The highest BCUT2D eigenvalue weighted by atomic mass is 16.3. The van der Waals surface area contributed by atoms with Crippen molar-refractivity contribution in [2.75, 3.05) is 6.54 Å². The van der Waals surface area contributed by atoms with Gasteiger partial charge in [-0.1, -0.05) is 0 Å². The summed E-state index contributed by atoms with van der Waals surface area (Å²) in [6.07, 6.45) is 2.68. The molecule has 0 aliphatic heterocycles. The van der Waals surface area contributed by atoms with E-state index < -0.39 is 0 Å². The lowest BCUT2D eigenvalue weighted by atomic mass is 9.97. The molecule has 0 saturated heterocycles. The molecule has 0 spiro atoms. The average Bonchev–Trinajstić information content (AvgIpc) is 2.60. The van der Waals surface area contributed by atoms with Gasteiger partial charge >= 0.3 is 0 Å². The van der Waals surface area contributed by atoms with Crippen molar-refractivity contribution in [3.05, 3.63) is 35.1 Å². The summed E-state index contributed by atoms with van der Waals surface area (Å²) in [5, 5.41) is 1.21. The number of furan rings is 1. The van der Waals surface area contributed by atoms with Gasteiger partial charge in [0.05, 0.1) is 6.26 Å². The number of nitrogens with two attached hydrogens (primary N) is 1. The van der Waals surface area contributed by atoms with E-state index in [0.29, 0.717) is 6.54 Å². The molecule has 74 valence electrons. The first kappa shape index (κ1) is 9.28. The van der Waals surface area contributed by atoms with Crippen LogP contribution in [0.3, 0.4) is 0 Å². The van der Waals surface area contributed by atoms with Crippen LogP contribution in [0.25, 0.3) is 11.0 Å². The van der Waals surface area contributed by atoms with Crippen LogP contribution in [0.15, 0.2) is 22.8 Å². The molecular weight excluding hydrogens is 174 g/mol. The molecule has 0 radical (unpaired) electrons. The lowest BCUT2D eigenvalue weighted by molar-refractivity contribution is 0.615. The van der Waals surface area contributed by atoms with Crippen molar-refractivity contribution in [2.24, 2.45) is 5.73 Å². The molecule has 14 heavy (non-hydrogen) atoms. The summed E-state index contributed by atoms with van der Waals surface area (Å²) in [4.78, 5) is 0. The van der Waals surface area contributed by atoms with Crippen molar-refractivity contribution in [1.82, 2.24) is 0 Å². The molecule has 1 heterocycles. The van der Waals surface area contributed by atoms with E-state index in [1.807, 2.05) is 6.07 Å². The van der Waals surface area contributed by atoms with Gasteiger partial charge in [0.2, 0.25) is 0 Å². The van der Waals surface area contributed by atoms with Crippen molar-refractivity contribution >= 4 is 11.0 Å². The van der Waals surface area contributed by atoms with Gasteiger partial charge in [-0.3, -0.25) is 0 Å². The van der Waals surface area contributed by atoms with E-state index >= 15 is 0 Å². The van der Waals surface area contributed by atoms with E-state index in [-0.39, 0.29) is 0 Å². The van der Waals surface area contributed by atoms with Crippen LogP contribution < -0.4 is 5.73 Å². The summed E-state index contributed by atoms with van der Waals surface area (Å²) in [7, 11) is 0. The van der Waals surface area contributed by atoms with Crippen LogP contribution in [0.1, 0.15) is 16.7 Å². The van der Waals surface area contributed by atoms with Crippen LogP contribution in [0.2, 0.25) is 0 Å². The summed E-state index contributed by atoms with van der Waals surface area (Å²) in [6.45, 7) is 4.95. The summed E-state index contributed by atoms with van der Waals surface area (Å²) in [5.41, 5.74) is 10.5. The number of hydrogen-bond donors (Lipinski definition) is 1. The second kappa shape index (κ2) is 3.46. The fraction of sp³-hybridized carbons (Fsp3) is 0.333. The Bertz CT molecular complexity index is 457. The molecule has 1 aromatic carbocycles. The van der Waals surface area contributed by atoms with Crippen molar-refractivity contribution in [2.45, 2.75) is 20.3 Å². The highest BCUT2D eigenvalue weighted by Crippen LogP contribution is 2.26. The highest BCUT2D eigenvalue weighted by Gasteiger charge is 2.08. The Hall–Kier alpha value is -1.28. The minimum absolute atomic E-state index is 0.699. The maximum Gasteiger partial charge on any atom is 0.134 e. The molecule has 0 amide bonds. The molecule has 1 aromatic heterocycles. The molecule has 2 N–H and O–H groups in total. The van der Waals surface area contributed by atoms with E-state index in [1.54, 1.807) is 6.26 Å². The molecule has 2 aromatic rings. The number of hydrogen-bond acceptors (Lipinski definition) is 2. The third-order valence-electron chi connectivity index (χ3n) is 2.77. The van der Waals surface area contributed by atoms with Gasteiger partial charge in [-0.05, 0) is 55.6 Å². The summed E-state index contributed by atoms with van der Waals surface area (Å²) < 4.78 is 5.38. The van der Waals surface area contributed by atoms with Crippen LogP contribution >= 0.6 is 0 Å². The fourth-order valence-electron chi connectivity index (χ4n) is 2.01. The zero-order valence-electron chi connectivity index (χ0n) is 8.63. The van der Waals surface area contributed by atoms with Crippen LogP contribution in [0.4, 0.5) is 0 Å². The fourth-order valence-corrected chi connectivity index (χ4v) is 2.01. The quantitative estimate of drug-likeness (QED) is 0.788. The van der Waals surface area contributed by atoms with E-state index in [4.69, 9.17) is 10.2 Å². The van der Waals surface area contributed by atoms with Crippen molar-refractivity contribution in [3.8, 4) is 0 Å². The van der Waals surface area contributed by atoms with Gasteiger partial charge < -0.3 is 10.2 Å². The van der Waals surface area contributed by atoms with Crippen LogP contribution in [0, 0.1) is 13.8 Å². The molecule has 0 aliphatic carbocycles. The van der Waals surface area contributed by atoms with Gasteiger partial charge in [-0.15, -0.1) is 0 Å². The maximum atomic E-state index is 5.59. The molecule has 0 aliphatic rings. The van der Waals surface area contributed by atoms with Crippen LogP contribution in [-0.4, -0.2) is 6.54 Å². The smallest absolute Gasteiger partial charge is 0.134 e. The monoisotopic (exact) mass is 189 g/mol. The minimum atomic E-state index is 0.699. The first-order valence-electron chi connectivity index (χ1n) is 4.90. The van der Waals surface area contributed by atoms with Crippen LogP contribution in [-0.2, 0) is 6.42 Å². The van der Waals surface area contributed by atoms with E-state index in [9.17, 15) is 0 Å². The Kier molecular flexibility index (Phi) is 2.30. The molecule has 2 nitrogen and oxygen atoms in total. The van der Waals surface area contributed by atoms with Crippen molar-refractivity contribution in [1.29, 1.82) is 0 Å². The Labute approximate surface area is 83.7 Å². The Balaban J connectivity index is 2.69. The molecule has 0 unspecified atom stereocenters. The average molecular weight is 189 g/mol. The predicted octanol–water partition coefficient (Wildman–Crippen LogP) is 2.55. The zero-order chi connectivity index (χ0) is 10.1. The topological polar surface area (TPSA) is 39.2 Å². The SMILES string of the molecule is Cc1cc2occc2c(C)c1CCN.